The predicted molar refractivity (Wildman–Crippen MR) is 62.0 cm³/mol. The van der Waals surface area contributed by atoms with Crippen LogP contribution in [0.15, 0.2) is 0 Å². The van der Waals surface area contributed by atoms with Crippen molar-refractivity contribution in [2.24, 2.45) is 23.5 Å². The van der Waals surface area contributed by atoms with Crippen LogP contribution in [0.25, 0.3) is 5.73 Å². The topological polar surface area (TPSA) is 49.8 Å². The quantitative estimate of drug-likeness (QED) is 0.741. The molecule has 1 aliphatic carbocycles. The maximum absolute atomic E-state index is 8.27. The molecular formula is C12H25AcN2-. The van der Waals surface area contributed by atoms with Crippen molar-refractivity contribution >= 4 is 0 Å². The van der Waals surface area contributed by atoms with E-state index in [2.05, 4.69) is 20.8 Å². The molecule has 0 saturated heterocycles. The molecule has 0 spiro atoms. The van der Waals surface area contributed by atoms with Gasteiger partial charge in [0.05, 0.1) is 0 Å². The number of rotatable bonds is 4. The first-order valence-electron chi connectivity index (χ1n) is 6.06. The van der Waals surface area contributed by atoms with Crippen LogP contribution in [0.4, 0.5) is 0 Å². The van der Waals surface area contributed by atoms with Crippen LogP contribution in [0.2, 0.25) is 0 Å². The molecule has 1 radical (unpaired) electrons. The Labute approximate surface area is 130 Å². The van der Waals surface area contributed by atoms with Crippen LogP contribution in [-0.4, -0.2) is 12.1 Å². The van der Waals surface area contributed by atoms with Crippen molar-refractivity contribution < 1.29 is 44.1 Å². The minimum absolute atomic E-state index is 0. The summed E-state index contributed by atoms with van der Waals surface area (Å²) in [6.07, 6.45) is 4.55. The summed E-state index contributed by atoms with van der Waals surface area (Å²) in [6.45, 7) is 6.65. The van der Waals surface area contributed by atoms with Crippen LogP contribution in [0.1, 0.15) is 46.5 Å². The number of nitrogens with one attached hydrogen (secondary N) is 1. The fourth-order valence-electron chi connectivity index (χ4n) is 2.93. The molecule has 0 heterocycles. The van der Waals surface area contributed by atoms with E-state index in [0.29, 0.717) is 11.8 Å². The molecular weight excluding hydrogens is 399 g/mol. The molecule has 87 valence electrons. The maximum atomic E-state index is 8.27. The van der Waals surface area contributed by atoms with Crippen molar-refractivity contribution in [2.75, 3.05) is 0 Å². The summed E-state index contributed by atoms with van der Waals surface area (Å²) in [6, 6.07) is 0.359. The van der Waals surface area contributed by atoms with Crippen molar-refractivity contribution in [1.82, 2.24) is 0 Å². The Hall–Kier alpha value is 1.36. The zero-order chi connectivity index (χ0) is 10.7. The van der Waals surface area contributed by atoms with E-state index >= 15 is 0 Å². The van der Waals surface area contributed by atoms with E-state index in [1.807, 2.05) is 0 Å². The molecule has 1 aliphatic rings. The number of hydrogen-bond donors (Lipinski definition) is 1. The molecule has 1 fully saturated rings. The van der Waals surface area contributed by atoms with Crippen molar-refractivity contribution in [3.63, 3.8) is 0 Å². The maximum Gasteiger partial charge on any atom is 0.00559 e. The summed E-state index contributed by atoms with van der Waals surface area (Å²) < 4.78 is 0. The minimum Gasteiger partial charge on any atom is -0.674 e. The molecule has 15 heavy (non-hydrogen) atoms. The Morgan fingerprint density at radius 1 is 1.27 bits per heavy atom. The van der Waals surface area contributed by atoms with E-state index in [1.165, 1.54) is 6.42 Å². The third-order valence-corrected chi connectivity index (χ3v) is 3.92. The average Bonchev–Trinajstić information content (AvgIpc) is 2.47. The predicted octanol–water partition coefficient (Wildman–Crippen LogP) is 3.22. The van der Waals surface area contributed by atoms with Gasteiger partial charge in [-0.3, -0.25) is 0 Å². The van der Waals surface area contributed by atoms with Gasteiger partial charge >= 0.3 is 0 Å². The Morgan fingerprint density at radius 2 is 1.80 bits per heavy atom. The molecule has 0 aromatic carbocycles. The van der Waals surface area contributed by atoms with Crippen molar-refractivity contribution in [3.05, 3.63) is 5.73 Å². The molecule has 3 heteroatoms. The van der Waals surface area contributed by atoms with E-state index in [0.717, 1.165) is 25.2 Å². The summed E-state index contributed by atoms with van der Waals surface area (Å²) in [5.41, 5.74) is 14.4. The second-order valence-corrected chi connectivity index (χ2v) is 5.01. The molecule has 2 nitrogen and oxygen atoms in total. The van der Waals surface area contributed by atoms with Crippen LogP contribution < -0.4 is 5.73 Å². The smallest absolute Gasteiger partial charge is 0.00559 e. The first-order valence-corrected chi connectivity index (χ1v) is 6.06. The van der Waals surface area contributed by atoms with Crippen molar-refractivity contribution in [2.45, 2.75) is 58.5 Å². The third kappa shape index (κ3) is 4.26. The number of nitrogens with two attached hydrogens (primary N) is 1. The summed E-state index contributed by atoms with van der Waals surface area (Å²) in [5, 5.41) is 0. The molecule has 4 unspecified atom stereocenters. The molecule has 0 amide bonds. The first kappa shape index (κ1) is 16.4. The second kappa shape index (κ2) is 7.64. The minimum atomic E-state index is 0. The summed E-state index contributed by atoms with van der Waals surface area (Å²) in [4.78, 5) is 0. The van der Waals surface area contributed by atoms with Gasteiger partial charge in [-0.05, 0) is 24.7 Å². The Bertz CT molecular complexity index is 171. The van der Waals surface area contributed by atoms with Gasteiger partial charge in [0.25, 0.3) is 0 Å². The molecule has 3 N–H and O–H groups in total. The fraction of sp³-hybridized carbons (Fsp3) is 1.00. The Morgan fingerprint density at radius 3 is 2.13 bits per heavy atom. The van der Waals surface area contributed by atoms with Crippen LogP contribution in [0.3, 0.4) is 0 Å². The first-order chi connectivity index (χ1) is 6.60. The average molecular weight is 424 g/mol. The van der Waals surface area contributed by atoms with Gasteiger partial charge in [-0.25, -0.2) is 0 Å². The van der Waals surface area contributed by atoms with Gasteiger partial charge in [-0.2, -0.15) is 0 Å². The monoisotopic (exact) mass is 424 g/mol. The molecule has 4 atom stereocenters. The van der Waals surface area contributed by atoms with Gasteiger partial charge in [0.1, 0.15) is 0 Å². The van der Waals surface area contributed by atoms with Crippen molar-refractivity contribution in [1.29, 1.82) is 0 Å². The molecule has 0 aromatic rings. The SMILES string of the molecule is CCC(CC)C([NH-])C1CC(C)CC1N.[Ac]. The van der Waals surface area contributed by atoms with Crippen molar-refractivity contribution in [3.8, 4) is 0 Å². The van der Waals surface area contributed by atoms with E-state index in [-0.39, 0.29) is 56.1 Å². The van der Waals surface area contributed by atoms with E-state index in [1.54, 1.807) is 0 Å². The largest absolute Gasteiger partial charge is 0.674 e. The van der Waals surface area contributed by atoms with Gasteiger partial charge in [-0.1, -0.05) is 39.5 Å². The molecule has 1 rings (SSSR count). The normalized spacial score (nSPS) is 32.8. The molecule has 0 aromatic heterocycles. The molecule has 1 saturated carbocycles. The summed E-state index contributed by atoms with van der Waals surface area (Å²) >= 11 is 0. The molecule has 0 bridgehead atoms. The van der Waals surface area contributed by atoms with Gasteiger partial charge in [0.2, 0.25) is 0 Å². The summed E-state index contributed by atoms with van der Waals surface area (Å²) in [5.74, 6) is 1.74. The third-order valence-electron chi connectivity index (χ3n) is 3.92. The van der Waals surface area contributed by atoms with E-state index in [4.69, 9.17) is 11.5 Å². The van der Waals surface area contributed by atoms with Crippen LogP contribution in [0.5, 0.6) is 0 Å². The van der Waals surface area contributed by atoms with Gasteiger partial charge in [0.15, 0.2) is 0 Å². The van der Waals surface area contributed by atoms with Gasteiger partial charge in [-0.15, -0.1) is 6.04 Å². The summed E-state index contributed by atoms with van der Waals surface area (Å²) in [7, 11) is 0. The second-order valence-electron chi connectivity index (χ2n) is 5.01. The Balaban J connectivity index is 0.00000196. The Kier molecular flexibility index (Phi) is 8.34. The van der Waals surface area contributed by atoms with E-state index < -0.39 is 0 Å². The zero-order valence-corrected chi connectivity index (χ0v) is 15.1. The molecule has 0 aliphatic heterocycles. The van der Waals surface area contributed by atoms with Crippen LogP contribution >= 0.6 is 0 Å². The van der Waals surface area contributed by atoms with Crippen LogP contribution in [-0.2, 0) is 0 Å². The van der Waals surface area contributed by atoms with Gasteiger partial charge < -0.3 is 11.5 Å². The van der Waals surface area contributed by atoms with E-state index in [9.17, 15) is 0 Å². The van der Waals surface area contributed by atoms with Gasteiger partial charge in [0, 0.05) is 50.1 Å². The zero-order valence-electron chi connectivity index (χ0n) is 10.4. The number of hydrogen-bond acceptors (Lipinski definition) is 1. The standard InChI is InChI=1S/C12H25N2.Ac/c1-4-9(5-2)12(14)10-6-8(3)7-11(10)13;/h8-12,14H,4-7,13H2,1-3H3;/q-1;. The van der Waals surface area contributed by atoms with Crippen LogP contribution in [0, 0.1) is 61.8 Å². The fourth-order valence-corrected chi connectivity index (χ4v) is 2.93.